The van der Waals surface area contributed by atoms with E-state index in [1.807, 2.05) is 21.7 Å². The Morgan fingerprint density at radius 1 is 1.15 bits per heavy atom. The molecule has 1 aliphatic carbocycles. The molecule has 2 rings (SSSR count). The number of carboxylic acid groups (broad SMARTS) is 1. The van der Waals surface area contributed by atoms with Crippen molar-refractivity contribution in [1.82, 2.24) is 14.7 Å². The highest BCUT2D eigenvalue weighted by Gasteiger charge is 2.35. The number of aliphatic carboxylic acids is 1. The Morgan fingerprint density at radius 2 is 1.70 bits per heavy atom. The molecule has 2 atom stereocenters. The molecule has 1 heterocycles. The topological polar surface area (TPSA) is 64.1 Å². The standard InChI is InChI=1S/C14H25N3O3/c1-10(12-4-5-12)15(3)14(20)17-8-6-16(7-9-17)11(2)13(18)19/h10-12H,4-9H2,1-3H3,(H,18,19). The van der Waals surface area contributed by atoms with Gasteiger partial charge in [0.05, 0.1) is 0 Å². The van der Waals surface area contributed by atoms with Gasteiger partial charge in [-0.15, -0.1) is 0 Å². The Labute approximate surface area is 120 Å². The lowest BCUT2D eigenvalue weighted by atomic mass is 10.2. The first-order chi connectivity index (χ1) is 9.41. The molecule has 0 aromatic carbocycles. The normalized spacial score (nSPS) is 23.2. The van der Waals surface area contributed by atoms with Gasteiger partial charge in [0.2, 0.25) is 0 Å². The number of hydrogen-bond acceptors (Lipinski definition) is 3. The van der Waals surface area contributed by atoms with Crippen LogP contribution in [-0.4, -0.2) is 77.1 Å². The van der Waals surface area contributed by atoms with Crippen molar-refractivity contribution in [2.45, 2.75) is 38.8 Å². The molecule has 0 bridgehead atoms. The Hall–Kier alpha value is -1.30. The number of urea groups is 1. The van der Waals surface area contributed by atoms with Gasteiger partial charge in [-0.1, -0.05) is 0 Å². The highest BCUT2D eigenvalue weighted by atomic mass is 16.4. The van der Waals surface area contributed by atoms with Gasteiger partial charge in [-0.05, 0) is 32.6 Å². The van der Waals surface area contributed by atoms with Crippen LogP contribution in [0.4, 0.5) is 4.79 Å². The molecule has 0 aromatic heterocycles. The molecule has 20 heavy (non-hydrogen) atoms. The fourth-order valence-electron chi connectivity index (χ4n) is 2.75. The first-order valence-corrected chi connectivity index (χ1v) is 7.40. The van der Waals surface area contributed by atoms with E-state index < -0.39 is 12.0 Å². The molecule has 2 fully saturated rings. The zero-order valence-corrected chi connectivity index (χ0v) is 12.6. The van der Waals surface area contributed by atoms with Gasteiger partial charge in [-0.3, -0.25) is 9.69 Å². The predicted octanol–water partition coefficient (Wildman–Crippen LogP) is 0.927. The summed E-state index contributed by atoms with van der Waals surface area (Å²) in [6.45, 7) is 6.28. The highest BCUT2D eigenvalue weighted by Crippen LogP contribution is 2.34. The minimum Gasteiger partial charge on any atom is -0.480 e. The molecule has 1 N–H and O–H groups in total. The third-order valence-electron chi connectivity index (χ3n) is 4.71. The van der Waals surface area contributed by atoms with Crippen LogP contribution in [0, 0.1) is 5.92 Å². The molecule has 114 valence electrons. The van der Waals surface area contributed by atoms with Crippen LogP contribution in [-0.2, 0) is 4.79 Å². The minimum absolute atomic E-state index is 0.0760. The quantitative estimate of drug-likeness (QED) is 0.833. The van der Waals surface area contributed by atoms with E-state index in [9.17, 15) is 9.59 Å². The molecule has 0 spiro atoms. The van der Waals surface area contributed by atoms with Gasteiger partial charge >= 0.3 is 12.0 Å². The average molecular weight is 283 g/mol. The maximum absolute atomic E-state index is 12.4. The summed E-state index contributed by atoms with van der Waals surface area (Å²) >= 11 is 0. The lowest BCUT2D eigenvalue weighted by molar-refractivity contribution is -0.143. The second-order valence-electron chi connectivity index (χ2n) is 6.01. The van der Waals surface area contributed by atoms with Crippen LogP contribution >= 0.6 is 0 Å². The Morgan fingerprint density at radius 3 is 2.15 bits per heavy atom. The van der Waals surface area contributed by atoms with Crippen molar-refractivity contribution in [1.29, 1.82) is 0 Å². The summed E-state index contributed by atoms with van der Waals surface area (Å²) in [6, 6.07) is -0.0964. The van der Waals surface area contributed by atoms with E-state index in [1.165, 1.54) is 12.8 Å². The van der Waals surface area contributed by atoms with Crippen LogP contribution in [0.25, 0.3) is 0 Å². The molecule has 1 saturated carbocycles. The smallest absolute Gasteiger partial charge is 0.320 e. The number of rotatable bonds is 4. The predicted molar refractivity (Wildman–Crippen MR) is 75.6 cm³/mol. The van der Waals surface area contributed by atoms with Crippen molar-refractivity contribution in [2.24, 2.45) is 5.92 Å². The molecule has 2 unspecified atom stereocenters. The largest absolute Gasteiger partial charge is 0.480 e. The van der Waals surface area contributed by atoms with Crippen LogP contribution in [0.5, 0.6) is 0 Å². The van der Waals surface area contributed by atoms with E-state index in [0.29, 0.717) is 38.1 Å². The Bertz CT molecular complexity index is 376. The Balaban J connectivity index is 1.83. The molecule has 0 radical (unpaired) electrons. The summed E-state index contributed by atoms with van der Waals surface area (Å²) < 4.78 is 0. The molecule has 1 aliphatic heterocycles. The number of amides is 2. The molecule has 6 nitrogen and oxygen atoms in total. The molecule has 6 heteroatoms. The molecule has 2 amide bonds. The van der Waals surface area contributed by atoms with Gasteiger partial charge in [0, 0.05) is 39.3 Å². The van der Waals surface area contributed by atoms with Crippen LogP contribution in [0.2, 0.25) is 0 Å². The van der Waals surface area contributed by atoms with Crippen LogP contribution in [0.15, 0.2) is 0 Å². The lowest BCUT2D eigenvalue weighted by Gasteiger charge is -2.39. The van der Waals surface area contributed by atoms with Crippen molar-refractivity contribution < 1.29 is 14.7 Å². The molecular formula is C14H25N3O3. The second-order valence-corrected chi connectivity index (χ2v) is 6.01. The number of piperazine rings is 1. The van der Waals surface area contributed by atoms with Crippen molar-refractivity contribution in [2.75, 3.05) is 33.2 Å². The summed E-state index contributed by atoms with van der Waals surface area (Å²) in [5, 5.41) is 9.01. The number of carbonyl (C=O) groups excluding carboxylic acids is 1. The molecule has 2 aliphatic rings. The van der Waals surface area contributed by atoms with E-state index in [4.69, 9.17) is 5.11 Å². The van der Waals surface area contributed by atoms with Gasteiger partial charge in [0.15, 0.2) is 0 Å². The van der Waals surface area contributed by atoms with Gasteiger partial charge in [0.1, 0.15) is 6.04 Å². The summed E-state index contributed by atoms with van der Waals surface area (Å²) in [7, 11) is 1.87. The summed E-state index contributed by atoms with van der Waals surface area (Å²) in [5.74, 6) is -0.137. The van der Waals surface area contributed by atoms with Gasteiger partial charge in [0.25, 0.3) is 0 Å². The zero-order valence-electron chi connectivity index (χ0n) is 12.6. The zero-order chi connectivity index (χ0) is 14.9. The summed E-state index contributed by atoms with van der Waals surface area (Å²) in [6.07, 6.45) is 2.45. The first-order valence-electron chi connectivity index (χ1n) is 7.40. The maximum Gasteiger partial charge on any atom is 0.320 e. The van der Waals surface area contributed by atoms with Gasteiger partial charge in [-0.2, -0.15) is 0 Å². The third kappa shape index (κ3) is 3.23. The number of carbonyl (C=O) groups is 2. The number of nitrogens with zero attached hydrogens (tertiary/aromatic N) is 3. The fraction of sp³-hybridized carbons (Fsp3) is 0.857. The number of hydrogen-bond donors (Lipinski definition) is 1. The van der Waals surface area contributed by atoms with Crippen molar-refractivity contribution in [3.05, 3.63) is 0 Å². The molecular weight excluding hydrogens is 258 g/mol. The van der Waals surface area contributed by atoms with E-state index in [1.54, 1.807) is 6.92 Å². The van der Waals surface area contributed by atoms with Crippen LogP contribution in [0.3, 0.4) is 0 Å². The molecule has 0 aromatic rings. The van der Waals surface area contributed by atoms with E-state index in [-0.39, 0.29) is 6.03 Å². The van der Waals surface area contributed by atoms with E-state index >= 15 is 0 Å². The summed E-state index contributed by atoms with van der Waals surface area (Å²) in [4.78, 5) is 29.0. The Kier molecular flexibility index (Phi) is 4.52. The van der Waals surface area contributed by atoms with Crippen molar-refractivity contribution in [3.8, 4) is 0 Å². The number of carboxylic acids is 1. The monoisotopic (exact) mass is 283 g/mol. The lowest BCUT2D eigenvalue weighted by Crippen LogP contribution is -2.56. The maximum atomic E-state index is 12.4. The van der Waals surface area contributed by atoms with Gasteiger partial charge in [-0.25, -0.2) is 4.79 Å². The molecule has 1 saturated heterocycles. The first kappa shape index (κ1) is 15.1. The van der Waals surface area contributed by atoms with E-state index in [0.717, 1.165) is 0 Å². The van der Waals surface area contributed by atoms with E-state index in [2.05, 4.69) is 6.92 Å². The van der Waals surface area contributed by atoms with Crippen LogP contribution < -0.4 is 0 Å². The summed E-state index contributed by atoms with van der Waals surface area (Å²) in [5.41, 5.74) is 0. The second kappa shape index (κ2) is 5.99. The van der Waals surface area contributed by atoms with Crippen molar-refractivity contribution >= 4 is 12.0 Å². The SMILES string of the molecule is CC(C(=O)O)N1CCN(C(=O)N(C)C(C)C2CC2)CC1. The van der Waals surface area contributed by atoms with Gasteiger partial charge < -0.3 is 14.9 Å². The fourth-order valence-corrected chi connectivity index (χ4v) is 2.75. The highest BCUT2D eigenvalue weighted by molar-refractivity contribution is 5.75. The minimum atomic E-state index is -0.802. The average Bonchev–Trinajstić information content (AvgIpc) is 3.28. The van der Waals surface area contributed by atoms with Crippen LogP contribution in [0.1, 0.15) is 26.7 Å². The van der Waals surface area contributed by atoms with Crippen molar-refractivity contribution in [3.63, 3.8) is 0 Å². The third-order valence-corrected chi connectivity index (χ3v) is 4.71.